The van der Waals surface area contributed by atoms with E-state index in [4.69, 9.17) is 4.74 Å². The van der Waals surface area contributed by atoms with Crippen LogP contribution in [-0.2, 0) is 16.1 Å². The van der Waals surface area contributed by atoms with Crippen molar-refractivity contribution in [2.24, 2.45) is 0 Å². The molecule has 0 unspecified atom stereocenters. The monoisotopic (exact) mass is 307 g/mol. The first kappa shape index (κ1) is 12.9. The summed E-state index contributed by atoms with van der Waals surface area (Å²) in [5.74, 6) is -0.341. The van der Waals surface area contributed by atoms with E-state index in [0.717, 1.165) is 15.4 Å². The van der Waals surface area contributed by atoms with Gasteiger partial charge in [0.1, 0.15) is 0 Å². The Morgan fingerprint density at radius 3 is 2.89 bits per heavy atom. The van der Waals surface area contributed by atoms with E-state index in [-0.39, 0.29) is 5.97 Å². The molecule has 0 amide bonds. The van der Waals surface area contributed by atoms with Gasteiger partial charge >= 0.3 is 5.97 Å². The number of carbonyl (C=O) groups is 1. The SMILES string of the molecule is C=C(Cn1cc(Br)c2ccccc21)C(=O)OCC. The zero-order valence-electron chi connectivity index (χ0n) is 10.1. The summed E-state index contributed by atoms with van der Waals surface area (Å²) < 4.78 is 7.93. The minimum Gasteiger partial charge on any atom is -0.463 e. The summed E-state index contributed by atoms with van der Waals surface area (Å²) in [5.41, 5.74) is 1.51. The molecule has 0 atom stereocenters. The molecule has 0 fully saturated rings. The van der Waals surface area contributed by atoms with Crippen molar-refractivity contribution in [2.45, 2.75) is 13.5 Å². The summed E-state index contributed by atoms with van der Waals surface area (Å²) in [7, 11) is 0. The molecule has 0 aliphatic carbocycles. The molecule has 3 nitrogen and oxygen atoms in total. The summed E-state index contributed by atoms with van der Waals surface area (Å²) in [5, 5.41) is 1.12. The number of para-hydroxylation sites is 1. The molecule has 0 spiro atoms. The van der Waals surface area contributed by atoms with Crippen molar-refractivity contribution in [3.63, 3.8) is 0 Å². The number of benzene rings is 1. The Labute approximate surface area is 114 Å². The van der Waals surface area contributed by atoms with Gasteiger partial charge in [-0.15, -0.1) is 0 Å². The van der Waals surface area contributed by atoms with Crippen molar-refractivity contribution in [3.8, 4) is 0 Å². The Kier molecular flexibility index (Phi) is 3.87. The van der Waals surface area contributed by atoms with Gasteiger partial charge in [-0.2, -0.15) is 0 Å². The average Bonchev–Trinajstić information content (AvgIpc) is 2.67. The first-order chi connectivity index (χ1) is 8.63. The van der Waals surface area contributed by atoms with Crippen molar-refractivity contribution in [3.05, 3.63) is 47.1 Å². The highest BCUT2D eigenvalue weighted by Gasteiger charge is 2.11. The van der Waals surface area contributed by atoms with Gasteiger partial charge in [0.15, 0.2) is 0 Å². The van der Waals surface area contributed by atoms with Crippen molar-refractivity contribution in [2.75, 3.05) is 6.61 Å². The zero-order valence-corrected chi connectivity index (χ0v) is 11.7. The van der Waals surface area contributed by atoms with E-state index >= 15 is 0 Å². The lowest BCUT2D eigenvalue weighted by molar-refractivity contribution is -0.138. The number of rotatable bonds is 4. The van der Waals surface area contributed by atoms with Crippen molar-refractivity contribution in [1.82, 2.24) is 4.57 Å². The number of ether oxygens (including phenoxy) is 1. The third-order valence-electron chi connectivity index (χ3n) is 2.67. The second-order valence-electron chi connectivity index (χ2n) is 3.95. The minimum absolute atomic E-state index is 0.341. The molecule has 0 aliphatic heterocycles. The maximum Gasteiger partial charge on any atom is 0.335 e. The lowest BCUT2D eigenvalue weighted by Crippen LogP contribution is -2.11. The van der Waals surface area contributed by atoms with Gasteiger partial charge < -0.3 is 9.30 Å². The smallest absolute Gasteiger partial charge is 0.335 e. The fourth-order valence-electron chi connectivity index (χ4n) is 1.84. The molecule has 1 aromatic carbocycles. The van der Waals surface area contributed by atoms with E-state index in [1.54, 1.807) is 6.92 Å². The number of carbonyl (C=O) groups excluding carboxylic acids is 1. The van der Waals surface area contributed by atoms with Crippen LogP contribution in [0.25, 0.3) is 10.9 Å². The first-order valence-corrected chi connectivity index (χ1v) is 6.51. The summed E-state index contributed by atoms with van der Waals surface area (Å²) >= 11 is 3.51. The van der Waals surface area contributed by atoms with Crippen LogP contribution in [0.1, 0.15) is 6.92 Å². The maximum atomic E-state index is 11.5. The molecular weight excluding hydrogens is 294 g/mol. The van der Waals surface area contributed by atoms with E-state index in [2.05, 4.69) is 22.5 Å². The van der Waals surface area contributed by atoms with Crippen LogP contribution in [0.2, 0.25) is 0 Å². The second-order valence-corrected chi connectivity index (χ2v) is 4.80. The number of hydrogen-bond acceptors (Lipinski definition) is 2. The van der Waals surface area contributed by atoms with Gasteiger partial charge in [0, 0.05) is 27.1 Å². The molecule has 0 aliphatic rings. The molecule has 0 saturated heterocycles. The number of esters is 1. The molecule has 1 heterocycles. The fourth-order valence-corrected chi connectivity index (χ4v) is 2.42. The van der Waals surface area contributed by atoms with Crippen molar-refractivity contribution in [1.29, 1.82) is 0 Å². The van der Waals surface area contributed by atoms with Crippen LogP contribution in [0.5, 0.6) is 0 Å². The number of aromatic nitrogens is 1. The topological polar surface area (TPSA) is 31.2 Å². The van der Waals surface area contributed by atoms with Crippen LogP contribution in [0.15, 0.2) is 47.1 Å². The lowest BCUT2D eigenvalue weighted by atomic mass is 10.2. The van der Waals surface area contributed by atoms with E-state index < -0.39 is 0 Å². The summed E-state index contributed by atoms with van der Waals surface area (Å²) in [6.45, 7) is 6.36. The third-order valence-corrected chi connectivity index (χ3v) is 3.30. The van der Waals surface area contributed by atoms with Crippen LogP contribution in [0.3, 0.4) is 0 Å². The van der Waals surface area contributed by atoms with Gasteiger partial charge in [0.25, 0.3) is 0 Å². The Hall–Kier alpha value is -1.55. The first-order valence-electron chi connectivity index (χ1n) is 5.71. The summed E-state index contributed by atoms with van der Waals surface area (Å²) in [4.78, 5) is 11.5. The van der Waals surface area contributed by atoms with E-state index in [1.165, 1.54) is 0 Å². The third kappa shape index (κ3) is 2.48. The number of halogens is 1. The minimum atomic E-state index is -0.341. The van der Waals surface area contributed by atoms with E-state index in [0.29, 0.717) is 18.7 Å². The normalized spacial score (nSPS) is 10.6. The van der Waals surface area contributed by atoms with Crippen LogP contribution in [0, 0.1) is 0 Å². The Morgan fingerprint density at radius 1 is 1.44 bits per heavy atom. The maximum absolute atomic E-state index is 11.5. The largest absolute Gasteiger partial charge is 0.463 e. The number of fused-ring (bicyclic) bond motifs is 1. The molecule has 2 aromatic rings. The molecule has 18 heavy (non-hydrogen) atoms. The lowest BCUT2D eigenvalue weighted by Gasteiger charge is -2.07. The predicted octanol–water partition coefficient (Wildman–Crippen LogP) is 3.52. The Bertz CT molecular complexity index is 601. The number of nitrogens with zero attached hydrogens (tertiary/aromatic N) is 1. The molecule has 0 N–H and O–H groups in total. The van der Waals surface area contributed by atoms with Gasteiger partial charge in [-0.3, -0.25) is 0 Å². The van der Waals surface area contributed by atoms with Crippen LogP contribution in [-0.4, -0.2) is 17.1 Å². The van der Waals surface area contributed by atoms with Gasteiger partial charge in [0.2, 0.25) is 0 Å². The van der Waals surface area contributed by atoms with Crippen LogP contribution in [0.4, 0.5) is 0 Å². The Balaban J connectivity index is 2.27. The van der Waals surface area contributed by atoms with E-state index in [1.807, 2.05) is 35.0 Å². The summed E-state index contributed by atoms with van der Waals surface area (Å²) in [6.07, 6.45) is 1.95. The quantitative estimate of drug-likeness (QED) is 0.639. The molecule has 2 rings (SSSR count). The average molecular weight is 308 g/mol. The molecule has 1 aromatic heterocycles. The summed E-state index contributed by atoms with van der Waals surface area (Å²) in [6, 6.07) is 8.00. The molecule has 94 valence electrons. The molecule has 0 radical (unpaired) electrons. The zero-order chi connectivity index (χ0) is 13.1. The van der Waals surface area contributed by atoms with Crippen LogP contribution < -0.4 is 0 Å². The predicted molar refractivity (Wildman–Crippen MR) is 75.4 cm³/mol. The van der Waals surface area contributed by atoms with E-state index in [9.17, 15) is 4.79 Å². The highest BCUT2D eigenvalue weighted by Crippen LogP contribution is 2.26. The van der Waals surface area contributed by atoms with Crippen molar-refractivity contribution < 1.29 is 9.53 Å². The van der Waals surface area contributed by atoms with Gasteiger partial charge in [-0.25, -0.2) is 4.79 Å². The highest BCUT2D eigenvalue weighted by atomic mass is 79.9. The highest BCUT2D eigenvalue weighted by molar-refractivity contribution is 9.10. The van der Waals surface area contributed by atoms with Crippen molar-refractivity contribution >= 4 is 32.8 Å². The van der Waals surface area contributed by atoms with Gasteiger partial charge in [-0.05, 0) is 28.9 Å². The molecule has 4 heteroatoms. The second kappa shape index (κ2) is 5.40. The Morgan fingerprint density at radius 2 is 2.17 bits per heavy atom. The standard InChI is InChI=1S/C14H14BrNO2/c1-3-18-14(17)10(2)8-16-9-12(15)11-6-4-5-7-13(11)16/h4-7,9H,2-3,8H2,1H3. The molecule has 0 bridgehead atoms. The molecule has 0 saturated carbocycles. The van der Waals surface area contributed by atoms with Crippen LogP contribution >= 0.6 is 15.9 Å². The molecular formula is C14H14BrNO2. The number of hydrogen-bond donors (Lipinski definition) is 0. The van der Waals surface area contributed by atoms with Gasteiger partial charge in [0.05, 0.1) is 13.2 Å². The van der Waals surface area contributed by atoms with Gasteiger partial charge in [-0.1, -0.05) is 24.8 Å². The fraction of sp³-hybridized carbons (Fsp3) is 0.214.